The third kappa shape index (κ3) is 3.63. The van der Waals surface area contributed by atoms with Crippen molar-refractivity contribution >= 4 is 0 Å². The van der Waals surface area contributed by atoms with E-state index in [-0.39, 0.29) is 5.82 Å². The van der Waals surface area contributed by atoms with Gasteiger partial charge < -0.3 is 4.74 Å². The van der Waals surface area contributed by atoms with Crippen molar-refractivity contribution in [1.29, 1.82) is 0 Å². The number of nitrogens with zero attached hydrogens (tertiary/aromatic N) is 3. The van der Waals surface area contributed by atoms with Crippen LogP contribution in [0.4, 0.5) is 4.39 Å². The third-order valence-electron chi connectivity index (χ3n) is 6.17. The Labute approximate surface area is 144 Å². The minimum atomic E-state index is -0.169. The number of halogens is 1. The first-order valence-corrected chi connectivity index (χ1v) is 9.40. The van der Waals surface area contributed by atoms with E-state index in [1.807, 2.05) is 6.07 Å². The van der Waals surface area contributed by atoms with Crippen LogP contribution < -0.4 is 0 Å². The van der Waals surface area contributed by atoms with Crippen LogP contribution in [0.5, 0.6) is 0 Å². The minimum absolute atomic E-state index is 0.169. The average molecular weight is 333 g/mol. The molecule has 4 nitrogen and oxygen atoms in total. The fourth-order valence-electron chi connectivity index (χ4n) is 4.93. The van der Waals surface area contributed by atoms with Crippen LogP contribution in [0.15, 0.2) is 18.5 Å². The fraction of sp³-hybridized carbons (Fsp3) is 0.737. The largest absolute Gasteiger partial charge is 0.379 e. The molecule has 0 aromatic carbocycles. The summed E-state index contributed by atoms with van der Waals surface area (Å²) in [5.74, 6) is 2.22. The third-order valence-corrected chi connectivity index (χ3v) is 6.17. The number of fused-ring (bicyclic) bond motifs is 1. The molecule has 2 saturated heterocycles. The lowest BCUT2D eigenvalue weighted by Gasteiger charge is -2.37. The molecule has 1 saturated carbocycles. The monoisotopic (exact) mass is 333 g/mol. The van der Waals surface area contributed by atoms with Crippen LogP contribution in [0.1, 0.15) is 24.8 Å². The van der Waals surface area contributed by atoms with Gasteiger partial charge in [0.05, 0.1) is 19.4 Å². The molecule has 4 rings (SSSR count). The Morgan fingerprint density at radius 2 is 2.04 bits per heavy atom. The molecule has 1 aliphatic carbocycles. The van der Waals surface area contributed by atoms with Gasteiger partial charge in [-0.1, -0.05) is 6.42 Å². The number of rotatable bonds is 4. The van der Waals surface area contributed by atoms with Gasteiger partial charge in [0.25, 0.3) is 0 Å². The van der Waals surface area contributed by atoms with Crippen LogP contribution in [0.25, 0.3) is 0 Å². The predicted octanol–water partition coefficient (Wildman–Crippen LogP) is 2.40. The second-order valence-electron chi connectivity index (χ2n) is 7.69. The molecule has 24 heavy (non-hydrogen) atoms. The Morgan fingerprint density at radius 1 is 1.17 bits per heavy atom. The maximum Gasteiger partial charge on any atom is 0.145 e. The Hall–Kier alpha value is -1.04. The number of hydrogen-bond acceptors (Lipinski definition) is 4. The molecule has 2 aliphatic heterocycles. The van der Waals surface area contributed by atoms with Crippen molar-refractivity contribution in [2.75, 3.05) is 45.9 Å². The number of hydrogen-bond donors (Lipinski definition) is 0. The number of morpholine rings is 1. The molecule has 1 aromatic rings. The highest BCUT2D eigenvalue weighted by atomic mass is 19.1. The zero-order valence-corrected chi connectivity index (χ0v) is 14.4. The quantitative estimate of drug-likeness (QED) is 0.846. The van der Waals surface area contributed by atoms with Gasteiger partial charge in [-0.25, -0.2) is 4.39 Å². The van der Waals surface area contributed by atoms with E-state index in [1.54, 1.807) is 6.20 Å². The molecular formula is C19H28FN3O. The number of pyridine rings is 1. The fourth-order valence-corrected chi connectivity index (χ4v) is 4.93. The van der Waals surface area contributed by atoms with Crippen LogP contribution in [-0.4, -0.2) is 60.7 Å². The van der Waals surface area contributed by atoms with E-state index < -0.39 is 0 Å². The lowest BCUT2D eigenvalue weighted by atomic mass is 9.73. The van der Waals surface area contributed by atoms with Gasteiger partial charge in [0.1, 0.15) is 5.82 Å². The van der Waals surface area contributed by atoms with Crippen LogP contribution in [0.3, 0.4) is 0 Å². The summed E-state index contributed by atoms with van der Waals surface area (Å²) < 4.78 is 19.4. The summed E-state index contributed by atoms with van der Waals surface area (Å²) in [5.41, 5.74) is 0.786. The van der Waals surface area contributed by atoms with Gasteiger partial charge in [-0.3, -0.25) is 14.8 Å². The first kappa shape index (κ1) is 16.4. The Bertz CT molecular complexity index is 549. The van der Waals surface area contributed by atoms with E-state index >= 15 is 0 Å². The van der Waals surface area contributed by atoms with E-state index in [9.17, 15) is 4.39 Å². The second-order valence-corrected chi connectivity index (χ2v) is 7.69. The lowest BCUT2D eigenvalue weighted by Crippen LogP contribution is -2.43. The highest BCUT2D eigenvalue weighted by Crippen LogP contribution is 2.41. The van der Waals surface area contributed by atoms with Crippen molar-refractivity contribution in [3.05, 3.63) is 29.8 Å². The van der Waals surface area contributed by atoms with Crippen molar-refractivity contribution in [3.63, 3.8) is 0 Å². The van der Waals surface area contributed by atoms with Crippen molar-refractivity contribution < 1.29 is 9.13 Å². The van der Waals surface area contributed by atoms with Gasteiger partial charge in [-0.05, 0) is 36.7 Å². The van der Waals surface area contributed by atoms with Crippen molar-refractivity contribution in [1.82, 2.24) is 14.8 Å². The molecule has 0 unspecified atom stereocenters. The second kappa shape index (κ2) is 7.46. The first-order chi connectivity index (χ1) is 11.8. The topological polar surface area (TPSA) is 28.6 Å². The smallest absolute Gasteiger partial charge is 0.145 e. The minimum Gasteiger partial charge on any atom is -0.379 e. The zero-order valence-electron chi connectivity index (χ0n) is 14.4. The summed E-state index contributed by atoms with van der Waals surface area (Å²) in [6.45, 7) is 8.14. The van der Waals surface area contributed by atoms with Gasteiger partial charge >= 0.3 is 0 Å². The van der Waals surface area contributed by atoms with Crippen LogP contribution in [-0.2, 0) is 11.3 Å². The Balaban J connectivity index is 1.38. The molecule has 132 valence electrons. The molecule has 3 heterocycles. The van der Waals surface area contributed by atoms with Gasteiger partial charge in [0.15, 0.2) is 0 Å². The SMILES string of the molecule is Fc1cnccc1CN1C[C@@H]2CCC[C@H](CN3CCOCC3)[C@@H]2C1. The maximum absolute atomic E-state index is 13.9. The molecule has 0 bridgehead atoms. The van der Waals surface area contributed by atoms with Crippen LogP contribution >= 0.6 is 0 Å². The van der Waals surface area contributed by atoms with Gasteiger partial charge in [-0.15, -0.1) is 0 Å². The standard InChI is InChI=1S/C19H28FN3O/c20-19-10-21-5-4-17(19)13-23-12-16-3-1-2-15(18(16)14-23)11-22-6-8-24-9-7-22/h4-5,10,15-16,18H,1-3,6-9,11-14H2/t15-,16+,18+/m1/s1. The Kier molecular flexibility index (Phi) is 5.11. The van der Waals surface area contributed by atoms with Gasteiger partial charge in [-0.2, -0.15) is 0 Å². The van der Waals surface area contributed by atoms with E-state index in [1.165, 1.54) is 32.0 Å². The van der Waals surface area contributed by atoms with Crippen LogP contribution in [0, 0.1) is 23.6 Å². The van der Waals surface area contributed by atoms with Crippen molar-refractivity contribution in [3.8, 4) is 0 Å². The maximum atomic E-state index is 13.9. The van der Waals surface area contributed by atoms with Crippen LogP contribution in [0.2, 0.25) is 0 Å². The molecule has 3 fully saturated rings. The van der Waals surface area contributed by atoms with E-state index in [2.05, 4.69) is 14.8 Å². The molecule has 5 heteroatoms. The first-order valence-electron chi connectivity index (χ1n) is 9.40. The molecule has 3 aliphatic rings. The summed E-state index contributed by atoms with van der Waals surface area (Å²) in [4.78, 5) is 8.91. The zero-order chi connectivity index (χ0) is 16.4. The number of aromatic nitrogens is 1. The molecule has 0 amide bonds. The molecule has 0 radical (unpaired) electrons. The van der Waals surface area contributed by atoms with Gasteiger partial charge in [0.2, 0.25) is 0 Å². The van der Waals surface area contributed by atoms with E-state index in [0.29, 0.717) is 0 Å². The summed E-state index contributed by atoms with van der Waals surface area (Å²) in [6.07, 6.45) is 7.09. The molecule has 0 spiro atoms. The predicted molar refractivity (Wildman–Crippen MR) is 91.1 cm³/mol. The Morgan fingerprint density at radius 3 is 2.88 bits per heavy atom. The average Bonchev–Trinajstić information content (AvgIpc) is 3.02. The molecule has 0 N–H and O–H groups in total. The summed E-state index contributed by atoms with van der Waals surface area (Å²) in [7, 11) is 0. The normalized spacial score (nSPS) is 32.0. The molecule has 1 aromatic heterocycles. The molecule has 3 atom stereocenters. The van der Waals surface area contributed by atoms with Gasteiger partial charge in [0, 0.05) is 51.0 Å². The van der Waals surface area contributed by atoms with E-state index in [4.69, 9.17) is 4.74 Å². The number of likely N-dealkylation sites (tertiary alicyclic amines) is 1. The highest BCUT2D eigenvalue weighted by molar-refractivity contribution is 5.13. The van der Waals surface area contributed by atoms with Crippen molar-refractivity contribution in [2.24, 2.45) is 17.8 Å². The lowest BCUT2D eigenvalue weighted by molar-refractivity contribution is 0.0192. The molecular weight excluding hydrogens is 305 g/mol. The van der Waals surface area contributed by atoms with E-state index in [0.717, 1.165) is 69.3 Å². The summed E-state index contributed by atoms with van der Waals surface area (Å²) >= 11 is 0. The number of ether oxygens (including phenoxy) is 1. The van der Waals surface area contributed by atoms with Crippen molar-refractivity contribution in [2.45, 2.75) is 25.8 Å². The summed E-state index contributed by atoms with van der Waals surface area (Å²) in [6, 6.07) is 1.82. The summed E-state index contributed by atoms with van der Waals surface area (Å²) in [5, 5.41) is 0. The highest BCUT2D eigenvalue weighted by Gasteiger charge is 2.40.